The Balaban J connectivity index is 1.10. The molecule has 178 valence electrons. The summed E-state index contributed by atoms with van der Waals surface area (Å²) < 4.78 is 13.3. The molecule has 2 aliphatic heterocycles. The van der Waals surface area contributed by atoms with Crippen molar-refractivity contribution in [1.82, 2.24) is 9.21 Å². The van der Waals surface area contributed by atoms with Gasteiger partial charge in [0.15, 0.2) is 0 Å². The van der Waals surface area contributed by atoms with Gasteiger partial charge >= 0.3 is 0 Å². The smallest absolute Gasteiger partial charge is 0.237 e. The molecule has 2 aromatic rings. The molecule has 1 aliphatic carbocycles. The number of rotatable bonds is 7. The molecule has 0 radical (unpaired) electrons. The van der Waals surface area contributed by atoms with Crippen molar-refractivity contribution in [2.45, 2.75) is 57.6 Å². The lowest BCUT2D eigenvalue weighted by atomic mass is 9.80. The third kappa shape index (κ3) is 5.15. The minimum absolute atomic E-state index is 0.152. The molecule has 0 unspecified atom stereocenters. The summed E-state index contributed by atoms with van der Waals surface area (Å²) >= 11 is 1.52. The predicted molar refractivity (Wildman–Crippen MR) is 126 cm³/mol. The van der Waals surface area contributed by atoms with Crippen molar-refractivity contribution >= 4 is 11.9 Å². The van der Waals surface area contributed by atoms with Gasteiger partial charge in [-0.15, -0.1) is 0 Å². The van der Waals surface area contributed by atoms with Crippen LogP contribution in [0.4, 0.5) is 0 Å². The molecule has 0 bridgehead atoms. The maximum Gasteiger partial charge on any atom is 0.237 e. The minimum atomic E-state index is -1.74. The van der Waals surface area contributed by atoms with E-state index in [1.54, 1.807) is 4.31 Å². The van der Waals surface area contributed by atoms with Crippen LogP contribution >= 0.6 is 11.9 Å². The normalized spacial score (nSPS) is 24.2. The molecule has 1 aromatic carbocycles. The number of fused-ring (bicyclic) bond motifs is 1. The fourth-order valence-electron chi connectivity index (χ4n) is 5.20. The van der Waals surface area contributed by atoms with Gasteiger partial charge in [0, 0.05) is 37.4 Å². The molecule has 0 spiro atoms. The Labute approximate surface area is 198 Å². The highest BCUT2D eigenvalue weighted by Crippen LogP contribution is 2.40. The summed E-state index contributed by atoms with van der Waals surface area (Å²) in [7, 11) is 0. The highest BCUT2D eigenvalue weighted by molar-refractivity contribution is 7.97. The first-order chi connectivity index (χ1) is 16.0. The molecule has 1 aromatic heterocycles. The standard InChI is InChI=1S/C25H32N2O5S/c28-23-12-22(15-26-13-19-4-1-2-5-20(19)14-26)31-17-24(23)32-16-18-6-8-21(9-7-18)25(29,30)27-10-3-11-33-27/h1-2,4-5,12,17-18,21,29-30H,3,6-11,13-16H2. The summed E-state index contributed by atoms with van der Waals surface area (Å²) in [6.07, 6.45) is 5.61. The highest BCUT2D eigenvalue weighted by atomic mass is 32.2. The zero-order chi connectivity index (χ0) is 22.8. The molecule has 5 rings (SSSR count). The number of benzene rings is 1. The van der Waals surface area contributed by atoms with Gasteiger partial charge in [0.2, 0.25) is 17.1 Å². The summed E-state index contributed by atoms with van der Waals surface area (Å²) in [6, 6.07) is 9.93. The molecule has 33 heavy (non-hydrogen) atoms. The van der Waals surface area contributed by atoms with E-state index >= 15 is 0 Å². The molecule has 3 aliphatic rings. The van der Waals surface area contributed by atoms with Crippen molar-refractivity contribution in [1.29, 1.82) is 0 Å². The van der Waals surface area contributed by atoms with Crippen molar-refractivity contribution in [3.05, 3.63) is 63.7 Å². The van der Waals surface area contributed by atoms with Crippen molar-refractivity contribution in [3.63, 3.8) is 0 Å². The van der Waals surface area contributed by atoms with Crippen LogP contribution in [0.5, 0.6) is 5.75 Å². The maximum atomic E-state index is 12.6. The van der Waals surface area contributed by atoms with E-state index in [0.29, 0.717) is 24.8 Å². The molecule has 1 saturated heterocycles. The Kier molecular flexibility index (Phi) is 6.81. The van der Waals surface area contributed by atoms with Gasteiger partial charge in [-0.3, -0.25) is 9.69 Å². The summed E-state index contributed by atoms with van der Waals surface area (Å²) in [5.74, 6) is 0.242. The van der Waals surface area contributed by atoms with Gasteiger partial charge in [0.25, 0.3) is 0 Å². The van der Waals surface area contributed by atoms with Gasteiger partial charge in [0.1, 0.15) is 12.0 Å². The molecule has 2 N–H and O–H groups in total. The Morgan fingerprint density at radius 2 is 1.85 bits per heavy atom. The molecular formula is C25H32N2O5S. The van der Waals surface area contributed by atoms with Gasteiger partial charge < -0.3 is 19.4 Å². The van der Waals surface area contributed by atoms with E-state index in [1.807, 2.05) is 0 Å². The van der Waals surface area contributed by atoms with Crippen LogP contribution in [0.2, 0.25) is 0 Å². The van der Waals surface area contributed by atoms with E-state index in [2.05, 4.69) is 29.2 Å². The minimum Gasteiger partial charge on any atom is -0.486 e. The number of nitrogens with zero attached hydrogens (tertiary/aromatic N) is 2. The van der Waals surface area contributed by atoms with Crippen LogP contribution < -0.4 is 10.2 Å². The Hall–Kier alpha value is -1.84. The largest absolute Gasteiger partial charge is 0.486 e. The topological polar surface area (TPSA) is 86.4 Å². The van der Waals surface area contributed by atoms with Crippen LogP contribution in [0.1, 0.15) is 49.0 Å². The molecule has 2 fully saturated rings. The van der Waals surface area contributed by atoms with Crippen LogP contribution in [0.25, 0.3) is 0 Å². The predicted octanol–water partition coefficient (Wildman–Crippen LogP) is 3.33. The van der Waals surface area contributed by atoms with Crippen LogP contribution in [0, 0.1) is 11.8 Å². The van der Waals surface area contributed by atoms with E-state index in [4.69, 9.17) is 9.15 Å². The SMILES string of the molecule is O=c1cc(CN2Cc3ccccc3C2)occ1OCC1CCC(C(O)(O)N2CCCS2)CC1. The van der Waals surface area contributed by atoms with E-state index in [-0.39, 0.29) is 17.1 Å². The number of aliphatic hydroxyl groups is 2. The van der Waals surface area contributed by atoms with E-state index in [0.717, 1.165) is 57.5 Å². The summed E-state index contributed by atoms with van der Waals surface area (Å²) in [4.78, 5) is 14.8. The van der Waals surface area contributed by atoms with Crippen molar-refractivity contribution in [2.24, 2.45) is 11.8 Å². The van der Waals surface area contributed by atoms with E-state index in [1.165, 1.54) is 35.4 Å². The van der Waals surface area contributed by atoms with Gasteiger partial charge in [-0.2, -0.15) is 4.31 Å². The monoisotopic (exact) mass is 472 g/mol. The molecule has 0 atom stereocenters. The van der Waals surface area contributed by atoms with Crippen molar-refractivity contribution in [2.75, 3.05) is 18.9 Å². The quantitative estimate of drug-likeness (QED) is 0.469. The average molecular weight is 473 g/mol. The number of ether oxygens (including phenoxy) is 1. The number of hydrogen-bond acceptors (Lipinski definition) is 8. The first-order valence-corrected chi connectivity index (χ1v) is 12.8. The highest BCUT2D eigenvalue weighted by Gasteiger charge is 2.43. The first-order valence-electron chi connectivity index (χ1n) is 11.9. The Morgan fingerprint density at radius 3 is 2.48 bits per heavy atom. The second-order valence-electron chi connectivity index (χ2n) is 9.49. The van der Waals surface area contributed by atoms with Crippen LogP contribution in [0.3, 0.4) is 0 Å². The fourth-order valence-corrected chi connectivity index (χ4v) is 6.27. The molecule has 8 heteroatoms. The zero-order valence-electron chi connectivity index (χ0n) is 18.8. The number of hydrogen-bond donors (Lipinski definition) is 2. The lowest BCUT2D eigenvalue weighted by Crippen LogP contribution is -2.51. The maximum absolute atomic E-state index is 12.6. The Morgan fingerprint density at radius 1 is 1.12 bits per heavy atom. The lowest BCUT2D eigenvalue weighted by Gasteiger charge is -2.40. The second-order valence-corrected chi connectivity index (χ2v) is 10.6. The molecule has 0 amide bonds. The van der Waals surface area contributed by atoms with Crippen molar-refractivity contribution in [3.8, 4) is 5.75 Å². The lowest BCUT2D eigenvalue weighted by molar-refractivity contribution is -0.269. The summed E-state index contributed by atoms with van der Waals surface area (Å²) in [5, 5.41) is 21.2. The molecule has 7 nitrogen and oxygen atoms in total. The fraction of sp³-hybridized carbons (Fsp3) is 0.560. The van der Waals surface area contributed by atoms with Gasteiger partial charge in [-0.05, 0) is 49.1 Å². The third-order valence-electron chi connectivity index (χ3n) is 7.13. The summed E-state index contributed by atoms with van der Waals surface area (Å²) in [5.41, 5.74) is 2.50. The third-order valence-corrected chi connectivity index (χ3v) is 8.36. The van der Waals surface area contributed by atoms with Gasteiger partial charge in [0.05, 0.1) is 13.2 Å². The Bertz CT molecular complexity index is 987. The van der Waals surface area contributed by atoms with Crippen LogP contribution in [0.15, 0.2) is 45.8 Å². The second kappa shape index (κ2) is 9.80. The average Bonchev–Trinajstić information content (AvgIpc) is 3.49. The first kappa shape index (κ1) is 22.9. The van der Waals surface area contributed by atoms with Crippen molar-refractivity contribution < 1.29 is 19.4 Å². The molecular weight excluding hydrogens is 440 g/mol. The molecule has 3 heterocycles. The van der Waals surface area contributed by atoms with Crippen LogP contribution in [-0.2, 0) is 19.6 Å². The van der Waals surface area contributed by atoms with E-state index in [9.17, 15) is 15.0 Å². The van der Waals surface area contributed by atoms with Gasteiger partial charge in [-0.1, -0.05) is 36.2 Å². The summed E-state index contributed by atoms with van der Waals surface area (Å²) in [6.45, 7) is 3.48. The molecule has 1 saturated carbocycles. The zero-order valence-corrected chi connectivity index (χ0v) is 19.6. The van der Waals surface area contributed by atoms with Gasteiger partial charge in [-0.25, -0.2) is 0 Å². The van der Waals surface area contributed by atoms with E-state index < -0.39 is 5.91 Å². The van der Waals surface area contributed by atoms with Crippen LogP contribution in [-0.4, -0.2) is 44.2 Å².